The van der Waals surface area contributed by atoms with E-state index in [1.807, 2.05) is 0 Å². The first kappa shape index (κ1) is 16.5. The molecule has 102 valence electrons. The quantitative estimate of drug-likeness (QED) is 0.617. The third kappa shape index (κ3) is 6.09. The summed E-state index contributed by atoms with van der Waals surface area (Å²) >= 11 is 0. The first-order valence-electron chi connectivity index (χ1n) is 6.93. The van der Waals surface area contributed by atoms with E-state index in [1.54, 1.807) is 0 Å². The van der Waals surface area contributed by atoms with Crippen LogP contribution in [0.4, 0.5) is 0 Å². The SMILES string of the molecule is CCC(C)C(OC(=O)CC(C)(C)CC)C(C)C. The lowest BCUT2D eigenvalue weighted by molar-refractivity contribution is -0.156. The van der Waals surface area contributed by atoms with Crippen LogP contribution >= 0.6 is 0 Å². The molecule has 17 heavy (non-hydrogen) atoms. The highest BCUT2D eigenvalue weighted by molar-refractivity contribution is 5.70. The van der Waals surface area contributed by atoms with Crippen LogP contribution in [0.25, 0.3) is 0 Å². The molecule has 0 amide bonds. The highest BCUT2D eigenvalue weighted by Crippen LogP contribution is 2.27. The van der Waals surface area contributed by atoms with Crippen LogP contribution in [0.1, 0.15) is 67.7 Å². The molecule has 0 aromatic heterocycles. The van der Waals surface area contributed by atoms with Gasteiger partial charge in [-0.1, -0.05) is 61.3 Å². The zero-order chi connectivity index (χ0) is 13.6. The molecule has 0 radical (unpaired) electrons. The molecule has 0 bridgehead atoms. The number of esters is 1. The minimum absolute atomic E-state index is 0.0455. The van der Waals surface area contributed by atoms with Crippen molar-refractivity contribution in [1.82, 2.24) is 0 Å². The Morgan fingerprint density at radius 2 is 1.71 bits per heavy atom. The molecule has 0 fully saturated rings. The fourth-order valence-corrected chi connectivity index (χ4v) is 1.85. The highest BCUT2D eigenvalue weighted by Gasteiger charge is 2.27. The normalized spacial score (nSPS) is 15.8. The van der Waals surface area contributed by atoms with Gasteiger partial charge < -0.3 is 4.74 Å². The van der Waals surface area contributed by atoms with E-state index in [4.69, 9.17) is 4.74 Å². The van der Waals surface area contributed by atoms with Crippen molar-refractivity contribution < 1.29 is 9.53 Å². The maximum Gasteiger partial charge on any atom is 0.306 e. The van der Waals surface area contributed by atoms with E-state index >= 15 is 0 Å². The Labute approximate surface area is 107 Å². The van der Waals surface area contributed by atoms with Gasteiger partial charge in [-0.25, -0.2) is 0 Å². The van der Waals surface area contributed by atoms with Crippen LogP contribution < -0.4 is 0 Å². The number of hydrogen-bond donors (Lipinski definition) is 0. The van der Waals surface area contributed by atoms with Gasteiger partial charge in [0.25, 0.3) is 0 Å². The number of hydrogen-bond acceptors (Lipinski definition) is 2. The second-order valence-corrected chi connectivity index (χ2v) is 6.28. The van der Waals surface area contributed by atoms with Crippen LogP contribution in [-0.4, -0.2) is 12.1 Å². The van der Waals surface area contributed by atoms with Gasteiger partial charge in [-0.15, -0.1) is 0 Å². The Kier molecular flexibility index (Phi) is 6.81. The van der Waals surface area contributed by atoms with Crippen LogP contribution in [-0.2, 0) is 9.53 Å². The standard InChI is InChI=1S/C15H30O2/c1-8-12(5)14(11(3)4)17-13(16)10-15(6,7)9-2/h11-12,14H,8-10H2,1-7H3. The molecule has 0 saturated carbocycles. The number of carbonyl (C=O) groups is 1. The van der Waals surface area contributed by atoms with Crippen molar-refractivity contribution in [2.75, 3.05) is 0 Å². The van der Waals surface area contributed by atoms with Crippen molar-refractivity contribution in [1.29, 1.82) is 0 Å². The molecule has 2 atom stereocenters. The monoisotopic (exact) mass is 242 g/mol. The van der Waals surface area contributed by atoms with Crippen molar-refractivity contribution in [3.05, 3.63) is 0 Å². The number of carbonyl (C=O) groups excluding carboxylic acids is 1. The van der Waals surface area contributed by atoms with Gasteiger partial charge in [-0.2, -0.15) is 0 Å². The van der Waals surface area contributed by atoms with E-state index in [0.717, 1.165) is 12.8 Å². The van der Waals surface area contributed by atoms with Crippen molar-refractivity contribution in [2.24, 2.45) is 17.3 Å². The summed E-state index contributed by atoms with van der Waals surface area (Å²) < 4.78 is 5.66. The smallest absolute Gasteiger partial charge is 0.306 e. The summed E-state index contributed by atoms with van der Waals surface area (Å²) in [5, 5.41) is 0. The molecular formula is C15H30O2. The summed E-state index contributed by atoms with van der Waals surface area (Å²) in [6.07, 6.45) is 2.62. The average molecular weight is 242 g/mol. The Morgan fingerprint density at radius 1 is 1.18 bits per heavy atom. The van der Waals surface area contributed by atoms with Gasteiger partial charge in [0.05, 0.1) is 6.42 Å². The van der Waals surface area contributed by atoms with Gasteiger partial charge >= 0.3 is 5.97 Å². The van der Waals surface area contributed by atoms with Crippen molar-refractivity contribution >= 4 is 5.97 Å². The maximum atomic E-state index is 11.9. The number of ether oxygens (including phenoxy) is 1. The maximum absolute atomic E-state index is 11.9. The lowest BCUT2D eigenvalue weighted by Crippen LogP contribution is -2.31. The van der Waals surface area contributed by atoms with Crippen LogP contribution in [0, 0.1) is 17.3 Å². The van der Waals surface area contributed by atoms with Gasteiger partial charge in [-0.3, -0.25) is 4.79 Å². The van der Waals surface area contributed by atoms with Crippen molar-refractivity contribution in [3.63, 3.8) is 0 Å². The molecule has 0 aliphatic heterocycles. The molecular weight excluding hydrogens is 212 g/mol. The number of rotatable bonds is 7. The third-order valence-corrected chi connectivity index (χ3v) is 3.71. The van der Waals surface area contributed by atoms with Crippen LogP contribution in [0.15, 0.2) is 0 Å². The predicted molar refractivity (Wildman–Crippen MR) is 72.9 cm³/mol. The second-order valence-electron chi connectivity index (χ2n) is 6.28. The summed E-state index contributed by atoms with van der Waals surface area (Å²) in [5.74, 6) is 0.776. The molecule has 0 aromatic carbocycles. The zero-order valence-electron chi connectivity index (χ0n) is 12.7. The molecule has 2 unspecified atom stereocenters. The van der Waals surface area contributed by atoms with E-state index in [9.17, 15) is 4.79 Å². The van der Waals surface area contributed by atoms with Crippen molar-refractivity contribution in [3.8, 4) is 0 Å². The van der Waals surface area contributed by atoms with Crippen LogP contribution in [0.2, 0.25) is 0 Å². The second kappa shape index (κ2) is 7.03. The Balaban J connectivity index is 4.42. The Hall–Kier alpha value is -0.530. The van der Waals surface area contributed by atoms with E-state index in [2.05, 4.69) is 48.5 Å². The first-order valence-corrected chi connectivity index (χ1v) is 6.93. The fraction of sp³-hybridized carbons (Fsp3) is 0.933. The summed E-state index contributed by atoms with van der Waals surface area (Å²) in [6, 6.07) is 0. The molecule has 0 aliphatic rings. The highest BCUT2D eigenvalue weighted by atomic mass is 16.5. The first-order chi connectivity index (χ1) is 7.73. The van der Waals surface area contributed by atoms with E-state index in [-0.39, 0.29) is 17.5 Å². The molecule has 0 rings (SSSR count). The van der Waals surface area contributed by atoms with Gasteiger partial charge in [0, 0.05) is 0 Å². The van der Waals surface area contributed by atoms with Crippen LogP contribution in [0.3, 0.4) is 0 Å². The summed E-state index contributed by atoms with van der Waals surface area (Å²) in [4.78, 5) is 11.9. The molecule has 0 N–H and O–H groups in total. The lowest BCUT2D eigenvalue weighted by atomic mass is 9.86. The topological polar surface area (TPSA) is 26.3 Å². The molecule has 0 heterocycles. The van der Waals surface area contributed by atoms with Gasteiger partial charge in [0.15, 0.2) is 0 Å². The fourth-order valence-electron chi connectivity index (χ4n) is 1.85. The molecule has 2 heteroatoms. The third-order valence-electron chi connectivity index (χ3n) is 3.71. The summed E-state index contributed by atoms with van der Waals surface area (Å²) in [6.45, 7) is 14.9. The van der Waals surface area contributed by atoms with E-state index in [0.29, 0.717) is 18.3 Å². The predicted octanol–water partition coefficient (Wildman–Crippen LogP) is 4.43. The Morgan fingerprint density at radius 3 is 2.06 bits per heavy atom. The van der Waals surface area contributed by atoms with Crippen LogP contribution in [0.5, 0.6) is 0 Å². The summed E-state index contributed by atoms with van der Waals surface area (Å²) in [5.41, 5.74) is 0.0497. The minimum atomic E-state index is -0.0455. The molecule has 0 saturated heterocycles. The molecule has 0 aliphatic carbocycles. The van der Waals surface area contributed by atoms with Gasteiger partial charge in [-0.05, 0) is 17.3 Å². The lowest BCUT2D eigenvalue weighted by Gasteiger charge is -2.29. The largest absolute Gasteiger partial charge is 0.462 e. The minimum Gasteiger partial charge on any atom is -0.462 e. The average Bonchev–Trinajstić information content (AvgIpc) is 2.24. The molecule has 0 aromatic rings. The zero-order valence-corrected chi connectivity index (χ0v) is 12.7. The van der Waals surface area contributed by atoms with Gasteiger partial charge in [0.2, 0.25) is 0 Å². The van der Waals surface area contributed by atoms with E-state index < -0.39 is 0 Å². The van der Waals surface area contributed by atoms with Gasteiger partial charge in [0.1, 0.15) is 6.10 Å². The molecule has 2 nitrogen and oxygen atoms in total. The Bertz CT molecular complexity index is 231. The van der Waals surface area contributed by atoms with Crippen molar-refractivity contribution in [2.45, 2.75) is 73.8 Å². The van der Waals surface area contributed by atoms with E-state index in [1.165, 1.54) is 0 Å². The summed E-state index contributed by atoms with van der Waals surface area (Å²) in [7, 11) is 0. The molecule has 0 spiro atoms.